The van der Waals surface area contributed by atoms with Crippen LogP contribution in [0, 0.1) is 0 Å². The Bertz CT molecular complexity index is 533. The molecule has 3 nitrogen and oxygen atoms in total. The predicted molar refractivity (Wildman–Crippen MR) is 89.8 cm³/mol. The lowest BCUT2D eigenvalue weighted by Crippen LogP contribution is -2.52. The summed E-state index contributed by atoms with van der Waals surface area (Å²) in [4.78, 5) is 2.39. The van der Waals surface area contributed by atoms with Crippen LogP contribution in [0.3, 0.4) is 0 Å². The van der Waals surface area contributed by atoms with E-state index < -0.39 is 0 Å². The van der Waals surface area contributed by atoms with E-state index >= 15 is 0 Å². The number of nitrogens with zero attached hydrogens (tertiary/aromatic N) is 1. The van der Waals surface area contributed by atoms with E-state index in [1.54, 1.807) is 0 Å². The van der Waals surface area contributed by atoms with Crippen molar-refractivity contribution in [2.75, 3.05) is 20.1 Å². The molecule has 3 heteroatoms. The van der Waals surface area contributed by atoms with Gasteiger partial charge in [-0.25, -0.2) is 0 Å². The Morgan fingerprint density at radius 3 is 2.00 bits per heavy atom. The maximum atomic E-state index is 10.4. The Morgan fingerprint density at radius 1 is 1.00 bits per heavy atom. The van der Waals surface area contributed by atoms with Gasteiger partial charge >= 0.3 is 0 Å². The molecule has 0 aromatic heterocycles. The molecular formula is C19H24N2O. The third-order valence-corrected chi connectivity index (χ3v) is 4.58. The van der Waals surface area contributed by atoms with Crippen LogP contribution in [0.4, 0.5) is 0 Å². The van der Waals surface area contributed by atoms with Crippen molar-refractivity contribution in [1.29, 1.82) is 0 Å². The molecule has 0 aliphatic carbocycles. The number of rotatable bonds is 4. The molecule has 0 bridgehead atoms. The molecule has 2 N–H and O–H groups in total. The summed E-state index contributed by atoms with van der Waals surface area (Å²) in [5.41, 5.74) is 2.56. The average Bonchev–Trinajstić information content (AvgIpc) is 2.57. The lowest BCUT2D eigenvalue weighted by atomic mass is 9.93. The van der Waals surface area contributed by atoms with E-state index in [0.29, 0.717) is 6.54 Å². The van der Waals surface area contributed by atoms with Crippen LogP contribution in [0.2, 0.25) is 0 Å². The van der Waals surface area contributed by atoms with E-state index in [1.165, 1.54) is 11.1 Å². The molecule has 2 aromatic carbocycles. The molecule has 0 radical (unpaired) electrons. The number of benzene rings is 2. The van der Waals surface area contributed by atoms with Gasteiger partial charge in [0.05, 0.1) is 12.1 Å². The highest BCUT2D eigenvalue weighted by Crippen LogP contribution is 2.31. The average molecular weight is 296 g/mol. The van der Waals surface area contributed by atoms with Gasteiger partial charge in [0.25, 0.3) is 0 Å². The van der Waals surface area contributed by atoms with Crippen LogP contribution in [0.5, 0.6) is 0 Å². The lowest BCUT2D eigenvalue weighted by Gasteiger charge is -2.40. The van der Waals surface area contributed by atoms with E-state index in [4.69, 9.17) is 0 Å². The summed E-state index contributed by atoms with van der Waals surface area (Å²) in [5, 5.41) is 13.6. The van der Waals surface area contributed by atoms with Gasteiger partial charge in [0.2, 0.25) is 0 Å². The SMILES string of the molecule is CN[C@H]1CCN(C(c2ccccc2)c2ccccc2)C[C@@H]1O. The molecule has 0 unspecified atom stereocenters. The number of piperidine rings is 1. The van der Waals surface area contributed by atoms with Crippen molar-refractivity contribution in [3.05, 3.63) is 71.8 Å². The minimum atomic E-state index is -0.325. The van der Waals surface area contributed by atoms with E-state index in [1.807, 2.05) is 19.2 Å². The Kier molecular flexibility index (Phi) is 4.88. The van der Waals surface area contributed by atoms with Gasteiger partial charge in [0, 0.05) is 19.1 Å². The van der Waals surface area contributed by atoms with Crippen molar-refractivity contribution in [2.45, 2.75) is 24.6 Å². The van der Waals surface area contributed by atoms with Gasteiger partial charge in [0.15, 0.2) is 0 Å². The van der Waals surface area contributed by atoms with Crippen LogP contribution in [0.1, 0.15) is 23.6 Å². The molecule has 1 fully saturated rings. The second-order valence-corrected chi connectivity index (χ2v) is 5.97. The standard InChI is InChI=1S/C19H24N2O/c1-20-17-12-13-21(14-18(17)22)19(15-8-4-2-5-9-15)16-10-6-3-7-11-16/h2-11,17-20,22H,12-14H2,1H3/t17-,18-/m0/s1. The second-order valence-electron chi connectivity index (χ2n) is 5.97. The molecule has 116 valence electrons. The van der Waals surface area contributed by atoms with E-state index in [0.717, 1.165) is 13.0 Å². The fraction of sp³-hybridized carbons (Fsp3) is 0.368. The van der Waals surface area contributed by atoms with Gasteiger partial charge in [-0.05, 0) is 24.6 Å². The molecule has 1 aliphatic heterocycles. The second kappa shape index (κ2) is 7.05. The molecular weight excluding hydrogens is 272 g/mol. The van der Waals surface area contributed by atoms with Gasteiger partial charge in [-0.2, -0.15) is 0 Å². The number of β-amino-alcohol motifs (C(OH)–C–C–N with tert-alkyl or cyclic N) is 1. The number of aliphatic hydroxyl groups excluding tert-OH is 1. The first-order valence-electron chi connectivity index (χ1n) is 7.99. The minimum absolute atomic E-state index is 0.198. The molecule has 1 heterocycles. The predicted octanol–water partition coefficient (Wildman–Crippen LogP) is 2.43. The fourth-order valence-electron chi connectivity index (χ4n) is 3.41. The van der Waals surface area contributed by atoms with Crippen LogP contribution in [0.15, 0.2) is 60.7 Å². The quantitative estimate of drug-likeness (QED) is 0.909. The molecule has 2 atom stereocenters. The summed E-state index contributed by atoms with van der Waals surface area (Å²) in [5.74, 6) is 0. The first kappa shape index (κ1) is 15.2. The first-order valence-corrected chi connectivity index (χ1v) is 7.99. The maximum Gasteiger partial charge on any atom is 0.0820 e. The van der Waals surface area contributed by atoms with Gasteiger partial charge in [-0.3, -0.25) is 4.90 Å². The number of hydrogen-bond donors (Lipinski definition) is 2. The smallest absolute Gasteiger partial charge is 0.0820 e. The highest BCUT2D eigenvalue weighted by molar-refractivity contribution is 5.32. The van der Waals surface area contributed by atoms with Crippen LogP contribution < -0.4 is 5.32 Å². The maximum absolute atomic E-state index is 10.4. The van der Waals surface area contributed by atoms with Gasteiger partial charge < -0.3 is 10.4 Å². The summed E-state index contributed by atoms with van der Waals surface area (Å²) in [7, 11) is 1.93. The van der Waals surface area contributed by atoms with E-state index in [-0.39, 0.29) is 18.2 Å². The summed E-state index contributed by atoms with van der Waals surface area (Å²) in [6.07, 6.45) is 0.641. The summed E-state index contributed by atoms with van der Waals surface area (Å²) < 4.78 is 0. The Balaban J connectivity index is 1.90. The Labute approximate surface area is 132 Å². The molecule has 3 rings (SSSR count). The Hall–Kier alpha value is -1.68. The largest absolute Gasteiger partial charge is 0.390 e. The summed E-state index contributed by atoms with van der Waals surface area (Å²) >= 11 is 0. The highest BCUT2D eigenvalue weighted by atomic mass is 16.3. The number of nitrogens with one attached hydrogen (secondary N) is 1. The zero-order chi connectivity index (χ0) is 15.4. The van der Waals surface area contributed by atoms with Crippen LogP contribution in [0.25, 0.3) is 0 Å². The van der Waals surface area contributed by atoms with E-state index in [2.05, 4.69) is 58.7 Å². The van der Waals surface area contributed by atoms with Crippen molar-refractivity contribution in [3.8, 4) is 0 Å². The highest BCUT2D eigenvalue weighted by Gasteiger charge is 2.31. The van der Waals surface area contributed by atoms with Gasteiger partial charge in [-0.15, -0.1) is 0 Å². The van der Waals surface area contributed by atoms with Crippen LogP contribution in [-0.2, 0) is 0 Å². The molecule has 1 aliphatic rings. The monoisotopic (exact) mass is 296 g/mol. The third kappa shape index (κ3) is 3.22. The van der Waals surface area contributed by atoms with Crippen molar-refractivity contribution in [1.82, 2.24) is 10.2 Å². The zero-order valence-electron chi connectivity index (χ0n) is 13.0. The summed E-state index contributed by atoms with van der Waals surface area (Å²) in [6, 6.07) is 21.5. The number of hydrogen-bond acceptors (Lipinski definition) is 3. The molecule has 22 heavy (non-hydrogen) atoms. The van der Waals surface area contributed by atoms with Crippen molar-refractivity contribution in [2.24, 2.45) is 0 Å². The van der Waals surface area contributed by atoms with E-state index in [9.17, 15) is 5.11 Å². The molecule has 0 amide bonds. The Morgan fingerprint density at radius 2 is 1.55 bits per heavy atom. The van der Waals surface area contributed by atoms with Crippen LogP contribution in [-0.4, -0.2) is 42.3 Å². The number of aliphatic hydroxyl groups is 1. The lowest BCUT2D eigenvalue weighted by molar-refractivity contribution is 0.0299. The third-order valence-electron chi connectivity index (χ3n) is 4.58. The zero-order valence-corrected chi connectivity index (χ0v) is 13.0. The van der Waals surface area contributed by atoms with Gasteiger partial charge in [-0.1, -0.05) is 60.7 Å². The topological polar surface area (TPSA) is 35.5 Å². The fourth-order valence-corrected chi connectivity index (χ4v) is 3.41. The molecule has 0 saturated carbocycles. The van der Waals surface area contributed by atoms with Crippen molar-refractivity contribution < 1.29 is 5.11 Å². The van der Waals surface area contributed by atoms with Gasteiger partial charge in [0.1, 0.15) is 0 Å². The summed E-state index contributed by atoms with van der Waals surface area (Å²) in [6.45, 7) is 1.68. The minimum Gasteiger partial charge on any atom is -0.390 e. The molecule has 2 aromatic rings. The number of likely N-dealkylation sites (N-methyl/N-ethyl adjacent to an activating group) is 1. The number of likely N-dealkylation sites (tertiary alicyclic amines) is 1. The van der Waals surface area contributed by atoms with Crippen LogP contribution >= 0.6 is 0 Å². The van der Waals surface area contributed by atoms with Crippen molar-refractivity contribution >= 4 is 0 Å². The first-order chi connectivity index (χ1) is 10.8. The molecule has 0 spiro atoms. The normalized spacial score (nSPS) is 22.9. The molecule has 1 saturated heterocycles. The van der Waals surface area contributed by atoms with Crippen molar-refractivity contribution in [3.63, 3.8) is 0 Å².